The van der Waals surface area contributed by atoms with Crippen LogP contribution in [0.1, 0.15) is 25.8 Å². The lowest BCUT2D eigenvalue weighted by atomic mass is 10.0. The highest BCUT2D eigenvalue weighted by Crippen LogP contribution is 2.13. The van der Waals surface area contributed by atoms with Gasteiger partial charge in [0.2, 0.25) is 0 Å². The molecule has 0 amide bonds. The summed E-state index contributed by atoms with van der Waals surface area (Å²) in [5, 5.41) is 3.62. The molecule has 1 aromatic carbocycles. The molecule has 112 valence electrons. The first-order chi connectivity index (χ1) is 9.75. The summed E-state index contributed by atoms with van der Waals surface area (Å²) in [5.41, 5.74) is 1.36. The van der Waals surface area contributed by atoms with E-state index in [2.05, 4.69) is 54.4 Å². The van der Waals surface area contributed by atoms with Crippen molar-refractivity contribution < 1.29 is 4.74 Å². The predicted octanol–water partition coefficient (Wildman–Crippen LogP) is 2.52. The van der Waals surface area contributed by atoms with Crippen molar-refractivity contribution in [1.82, 2.24) is 10.2 Å². The second-order valence-electron chi connectivity index (χ2n) is 6.05. The van der Waals surface area contributed by atoms with Gasteiger partial charge in [-0.05, 0) is 17.9 Å². The van der Waals surface area contributed by atoms with Gasteiger partial charge in [0.15, 0.2) is 0 Å². The van der Waals surface area contributed by atoms with Crippen molar-refractivity contribution in [2.75, 3.05) is 32.8 Å². The molecule has 1 aromatic rings. The molecule has 1 heterocycles. The van der Waals surface area contributed by atoms with Crippen LogP contribution in [0.4, 0.5) is 0 Å². The summed E-state index contributed by atoms with van der Waals surface area (Å²) in [4.78, 5) is 2.58. The quantitative estimate of drug-likeness (QED) is 0.828. The minimum Gasteiger partial charge on any atom is -0.379 e. The predicted molar refractivity (Wildman–Crippen MR) is 83.8 cm³/mol. The summed E-state index contributed by atoms with van der Waals surface area (Å²) >= 11 is 0. The van der Waals surface area contributed by atoms with Crippen molar-refractivity contribution in [3.05, 3.63) is 35.9 Å². The van der Waals surface area contributed by atoms with Gasteiger partial charge in [-0.1, -0.05) is 44.2 Å². The van der Waals surface area contributed by atoms with Gasteiger partial charge in [-0.3, -0.25) is 4.90 Å². The minimum absolute atomic E-state index is 0.627. The number of rotatable bonds is 7. The van der Waals surface area contributed by atoms with Gasteiger partial charge in [0.05, 0.1) is 13.2 Å². The van der Waals surface area contributed by atoms with Crippen molar-refractivity contribution in [3.63, 3.8) is 0 Å². The highest BCUT2D eigenvalue weighted by molar-refractivity contribution is 5.14. The Morgan fingerprint density at radius 1 is 1.15 bits per heavy atom. The molecule has 1 unspecified atom stereocenters. The first kappa shape index (κ1) is 15.5. The molecule has 0 aliphatic carbocycles. The van der Waals surface area contributed by atoms with Crippen molar-refractivity contribution in [2.24, 2.45) is 5.92 Å². The first-order valence-corrected chi connectivity index (χ1v) is 7.82. The van der Waals surface area contributed by atoms with E-state index in [-0.39, 0.29) is 0 Å². The Balaban J connectivity index is 1.80. The molecular formula is C17H28N2O. The Hall–Kier alpha value is -0.900. The van der Waals surface area contributed by atoms with E-state index < -0.39 is 0 Å². The normalized spacial score (nSPS) is 18.4. The maximum absolute atomic E-state index is 5.47. The third-order valence-corrected chi connectivity index (χ3v) is 3.86. The number of benzene rings is 1. The fraction of sp³-hybridized carbons (Fsp3) is 0.647. The lowest BCUT2D eigenvalue weighted by Crippen LogP contribution is -2.48. The zero-order valence-corrected chi connectivity index (χ0v) is 12.8. The summed E-state index contributed by atoms with van der Waals surface area (Å²) in [6, 6.07) is 11.3. The van der Waals surface area contributed by atoms with Crippen LogP contribution in [-0.4, -0.2) is 43.8 Å². The molecule has 1 atom stereocenters. The zero-order valence-electron chi connectivity index (χ0n) is 12.8. The van der Waals surface area contributed by atoms with Gasteiger partial charge in [-0.25, -0.2) is 0 Å². The van der Waals surface area contributed by atoms with Gasteiger partial charge in [0.1, 0.15) is 0 Å². The molecule has 20 heavy (non-hydrogen) atoms. The number of morpholine rings is 1. The van der Waals surface area contributed by atoms with Crippen LogP contribution in [0.5, 0.6) is 0 Å². The summed E-state index contributed by atoms with van der Waals surface area (Å²) in [5.74, 6) is 0.737. The van der Waals surface area contributed by atoms with E-state index in [9.17, 15) is 0 Å². The standard InChI is InChI=1S/C17H28N2O/c1-15(2)12-17(19-8-10-20-11-9-19)14-18-13-16-6-4-3-5-7-16/h3-7,15,17-18H,8-14H2,1-2H3. The Morgan fingerprint density at radius 3 is 2.50 bits per heavy atom. The van der Waals surface area contributed by atoms with E-state index in [1.165, 1.54) is 12.0 Å². The van der Waals surface area contributed by atoms with E-state index in [0.29, 0.717) is 6.04 Å². The third-order valence-electron chi connectivity index (χ3n) is 3.86. The van der Waals surface area contributed by atoms with Gasteiger partial charge in [-0.2, -0.15) is 0 Å². The van der Waals surface area contributed by atoms with Gasteiger partial charge < -0.3 is 10.1 Å². The maximum Gasteiger partial charge on any atom is 0.0594 e. The number of nitrogens with zero attached hydrogens (tertiary/aromatic N) is 1. The van der Waals surface area contributed by atoms with Gasteiger partial charge >= 0.3 is 0 Å². The van der Waals surface area contributed by atoms with Crippen LogP contribution in [-0.2, 0) is 11.3 Å². The molecule has 0 bridgehead atoms. The number of nitrogens with one attached hydrogen (secondary N) is 1. The molecule has 1 aliphatic rings. The van der Waals surface area contributed by atoms with Crippen LogP contribution in [0, 0.1) is 5.92 Å². The third kappa shape index (κ3) is 5.23. The lowest BCUT2D eigenvalue weighted by Gasteiger charge is -2.35. The maximum atomic E-state index is 5.47. The molecule has 1 saturated heterocycles. The molecule has 1 fully saturated rings. The number of ether oxygens (including phenoxy) is 1. The van der Waals surface area contributed by atoms with E-state index in [4.69, 9.17) is 4.74 Å². The van der Waals surface area contributed by atoms with E-state index in [0.717, 1.165) is 45.3 Å². The summed E-state index contributed by atoms with van der Waals surface area (Å²) in [6.45, 7) is 10.6. The van der Waals surface area contributed by atoms with Gasteiger partial charge in [-0.15, -0.1) is 0 Å². The average Bonchev–Trinajstić information content (AvgIpc) is 2.48. The molecule has 1 aliphatic heterocycles. The van der Waals surface area contributed by atoms with Crippen molar-refractivity contribution >= 4 is 0 Å². The smallest absolute Gasteiger partial charge is 0.0594 e. The fourth-order valence-corrected chi connectivity index (χ4v) is 2.83. The van der Waals surface area contributed by atoms with Gasteiger partial charge in [0, 0.05) is 32.2 Å². The molecule has 0 spiro atoms. The molecule has 0 saturated carbocycles. The van der Waals surface area contributed by atoms with Crippen molar-refractivity contribution in [1.29, 1.82) is 0 Å². The Labute approximate surface area is 123 Å². The number of hydrogen-bond donors (Lipinski definition) is 1. The molecule has 3 heteroatoms. The largest absolute Gasteiger partial charge is 0.379 e. The Bertz CT molecular complexity index is 361. The van der Waals surface area contributed by atoms with Crippen LogP contribution in [0.15, 0.2) is 30.3 Å². The van der Waals surface area contributed by atoms with Crippen LogP contribution in [0.2, 0.25) is 0 Å². The summed E-state index contributed by atoms with van der Waals surface area (Å²) in [6.07, 6.45) is 1.25. The second kappa shape index (κ2) is 8.40. The molecular weight excluding hydrogens is 248 g/mol. The molecule has 3 nitrogen and oxygen atoms in total. The van der Waals surface area contributed by atoms with Crippen LogP contribution in [0.3, 0.4) is 0 Å². The highest BCUT2D eigenvalue weighted by Gasteiger charge is 2.21. The molecule has 0 radical (unpaired) electrons. The Kier molecular flexibility index (Phi) is 6.51. The summed E-state index contributed by atoms with van der Waals surface area (Å²) < 4.78 is 5.47. The Morgan fingerprint density at radius 2 is 1.85 bits per heavy atom. The monoisotopic (exact) mass is 276 g/mol. The minimum atomic E-state index is 0.627. The van der Waals surface area contributed by atoms with Crippen LogP contribution >= 0.6 is 0 Å². The lowest BCUT2D eigenvalue weighted by molar-refractivity contribution is 0.0123. The van der Waals surface area contributed by atoms with Gasteiger partial charge in [0.25, 0.3) is 0 Å². The molecule has 2 rings (SSSR count). The molecule has 0 aromatic heterocycles. The topological polar surface area (TPSA) is 24.5 Å². The van der Waals surface area contributed by atoms with Crippen LogP contribution in [0.25, 0.3) is 0 Å². The molecule has 1 N–H and O–H groups in total. The first-order valence-electron chi connectivity index (χ1n) is 7.82. The fourth-order valence-electron chi connectivity index (χ4n) is 2.83. The van der Waals surface area contributed by atoms with E-state index in [1.54, 1.807) is 0 Å². The van der Waals surface area contributed by atoms with Crippen molar-refractivity contribution in [2.45, 2.75) is 32.9 Å². The van der Waals surface area contributed by atoms with E-state index >= 15 is 0 Å². The van der Waals surface area contributed by atoms with E-state index in [1.807, 2.05) is 0 Å². The zero-order chi connectivity index (χ0) is 14.2. The number of hydrogen-bond acceptors (Lipinski definition) is 3. The SMILES string of the molecule is CC(C)CC(CNCc1ccccc1)N1CCOCC1. The highest BCUT2D eigenvalue weighted by atomic mass is 16.5. The van der Waals surface area contributed by atoms with Crippen LogP contribution < -0.4 is 5.32 Å². The van der Waals surface area contributed by atoms with Crippen molar-refractivity contribution in [3.8, 4) is 0 Å². The average molecular weight is 276 g/mol. The summed E-state index contributed by atoms with van der Waals surface area (Å²) in [7, 11) is 0. The second-order valence-corrected chi connectivity index (χ2v) is 6.05.